The van der Waals surface area contributed by atoms with Crippen LogP contribution in [-0.2, 0) is 6.54 Å². The van der Waals surface area contributed by atoms with E-state index in [0.717, 1.165) is 22.6 Å². The lowest BCUT2D eigenvalue weighted by molar-refractivity contribution is 0.0950. The standard InChI is InChI=1S/C25H21N3O3/c1-30-21-11-5-7-18(13-21)16-26-25(29)20-10-6-12-22(14-20)31-24-15-23(27-17-28-24)19-8-3-2-4-9-19/h2-15,17H,16H2,1H3,(H,26,29). The number of amides is 1. The Labute approximate surface area is 180 Å². The van der Waals surface area contributed by atoms with Crippen molar-refractivity contribution in [2.45, 2.75) is 6.54 Å². The third-order valence-electron chi connectivity index (χ3n) is 4.62. The van der Waals surface area contributed by atoms with E-state index in [1.807, 2.05) is 54.6 Å². The highest BCUT2D eigenvalue weighted by atomic mass is 16.5. The molecular weight excluding hydrogens is 390 g/mol. The lowest BCUT2D eigenvalue weighted by Gasteiger charge is -2.09. The predicted octanol–water partition coefficient (Wildman–Crippen LogP) is 4.87. The maximum absolute atomic E-state index is 12.6. The molecule has 0 aliphatic heterocycles. The molecule has 0 saturated carbocycles. The minimum atomic E-state index is -0.194. The van der Waals surface area contributed by atoms with Gasteiger partial charge in [0.25, 0.3) is 5.91 Å². The summed E-state index contributed by atoms with van der Waals surface area (Å²) in [4.78, 5) is 21.1. The van der Waals surface area contributed by atoms with Crippen molar-refractivity contribution in [3.8, 4) is 28.6 Å². The number of ether oxygens (including phenoxy) is 2. The van der Waals surface area contributed by atoms with E-state index in [2.05, 4.69) is 15.3 Å². The molecule has 31 heavy (non-hydrogen) atoms. The quantitative estimate of drug-likeness (QED) is 0.469. The van der Waals surface area contributed by atoms with Crippen LogP contribution in [0.5, 0.6) is 17.4 Å². The number of carbonyl (C=O) groups excluding carboxylic acids is 1. The fourth-order valence-electron chi connectivity index (χ4n) is 3.05. The van der Waals surface area contributed by atoms with Gasteiger partial charge in [-0.15, -0.1) is 0 Å². The lowest BCUT2D eigenvalue weighted by atomic mass is 10.1. The van der Waals surface area contributed by atoms with Crippen LogP contribution in [0.3, 0.4) is 0 Å². The minimum Gasteiger partial charge on any atom is -0.497 e. The second kappa shape index (κ2) is 9.54. The van der Waals surface area contributed by atoms with Crippen molar-refractivity contribution in [2.75, 3.05) is 7.11 Å². The van der Waals surface area contributed by atoms with Gasteiger partial charge >= 0.3 is 0 Å². The zero-order chi connectivity index (χ0) is 21.5. The molecule has 0 bridgehead atoms. The van der Waals surface area contributed by atoms with Crippen LogP contribution in [0.4, 0.5) is 0 Å². The van der Waals surface area contributed by atoms with Crippen molar-refractivity contribution in [3.05, 3.63) is 102 Å². The molecule has 0 fully saturated rings. The van der Waals surface area contributed by atoms with Gasteiger partial charge in [0.15, 0.2) is 0 Å². The van der Waals surface area contributed by atoms with E-state index in [0.29, 0.717) is 23.7 Å². The number of nitrogens with zero attached hydrogens (tertiary/aromatic N) is 2. The van der Waals surface area contributed by atoms with Gasteiger partial charge < -0.3 is 14.8 Å². The Hall–Kier alpha value is -4.19. The molecule has 0 unspecified atom stereocenters. The van der Waals surface area contributed by atoms with E-state index in [9.17, 15) is 4.79 Å². The van der Waals surface area contributed by atoms with Crippen molar-refractivity contribution in [3.63, 3.8) is 0 Å². The van der Waals surface area contributed by atoms with Crippen molar-refractivity contribution in [1.29, 1.82) is 0 Å². The zero-order valence-electron chi connectivity index (χ0n) is 17.0. The summed E-state index contributed by atoms with van der Waals surface area (Å²) in [5.74, 6) is 1.48. The lowest BCUT2D eigenvalue weighted by Crippen LogP contribution is -2.22. The molecule has 6 nitrogen and oxygen atoms in total. The average molecular weight is 411 g/mol. The Morgan fingerprint density at radius 3 is 2.52 bits per heavy atom. The first-order valence-electron chi connectivity index (χ1n) is 9.78. The fraction of sp³-hybridized carbons (Fsp3) is 0.0800. The summed E-state index contributed by atoms with van der Waals surface area (Å²) in [6.45, 7) is 0.396. The van der Waals surface area contributed by atoms with Gasteiger partial charge in [0, 0.05) is 23.7 Å². The summed E-state index contributed by atoms with van der Waals surface area (Å²) in [6, 6.07) is 26.1. The van der Waals surface area contributed by atoms with Crippen LogP contribution in [-0.4, -0.2) is 23.0 Å². The Bertz CT molecular complexity index is 1180. The van der Waals surface area contributed by atoms with E-state index in [-0.39, 0.29) is 5.91 Å². The van der Waals surface area contributed by atoms with Crippen LogP contribution in [0, 0.1) is 0 Å². The van der Waals surface area contributed by atoms with Crippen LogP contribution >= 0.6 is 0 Å². The normalized spacial score (nSPS) is 10.4. The maximum Gasteiger partial charge on any atom is 0.251 e. The highest BCUT2D eigenvalue weighted by Crippen LogP contribution is 2.24. The number of benzene rings is 3. The highest BCUT2D eigenvalue weighted by molar-refractivity contribution is 5.94. The van der Waals surface area contributed by atoms with Crippen molar-refractivity contribution in [2.24, 2.45) is 0 Å². The van der Waals surface area contributed by atoms with Gasteiger partial charge in [-0.25, -0.2) is 9.97 Å². The van der Waals surface area contributed by atoms with E-state index < -0.39 is 0 Å². The molecule has 3 aromatic carbocycles. The highest BCUT2D eigenvalue weighted by Gasteiger charge is 2.09. The third-order valence-corrected chi connectivity index (χ3v) is 4.62. The number of hydrogen-bond donors (Lipinski definition) is 1. The van der Waals surface area contributed by atoms with Crippen LogP contribution in [0.25, 0.3) is 11.3 Å². The molecule has 1 aromatic heterocycles. The molecule has 1 heterocycles. The van der Waals surface area contributed by atoms with Crippen LogP contribution in [0.15, 0.2) is 91.3 Å². The number of hydrogen-bond acceptors (Lipinski definition) is 5. The second-order valence-corrected chi connectivity index (χ2v) is 6.77. The summed E-state index contributed by atoms with van der Waals surface area (Å²) in [5, 5.41) is 2.91. The number of nitrogens with one attached hydrogen (secondary N) is 1. The van der Waals surface area contributed by atoms with Gasteiger partial charge in [0.2, 0.25) is 5.88 Å². The fourth-order valence-corrected chi connectivity index (χ4v) is 3.05. The number of aromatic nitrogens is 2. The summed E-state index contributed by atoms with van der Waals surface area (Å²) >= 11 is 0. The Morgan fingerprint density at radius 2 is 1.68 bits per heavy atom. The first kappa shape index (κ1) is 20.1. The number of carbonyl (C=O) groups is 1. The third kappa shape index (κ3) is 5.25. The van der Waals surface area contributed by atoms with Crippen molar-refractivity contribution >= 4 is 5.91 Å². The first-order chi connectivity index (χ1) is 15.2. The van der Waals surface area contributed by atoms with Gasteiger partial charge in [-0.05, 0) is 35.9 Å². The molecule has 0 saturated heterocycles. The molecule has 0 spiro atoms. The molecule has 0 aliphatic carbocycles. The zero-order valence-corrected chi connectivity index (χ0v) is 17.0. The summed E-state index contributed by atoms with van der Waals surface area (Å²) in [7, 11) is 1.61. The predicted molar refractivity (Wildman–Crippen MR) is 118 cm³/mol. The summed E-state index contributed by atoms with van der Waals surface area (Å²) in [5.41, 5.74) is 3.19. The molecule has 4 aromatic rings. The number of rotatable bonds is 7. The molecule has 154 valence electrons. The van der Waals surface area contributed by atoms with Crippen molar-refractivity contribution < 1.29 is 14.3 Å². The molecule has 4 rings (SSSR count). The van der Waals surface area contributed by atoms with Gasteiger partial charge in [-0.3, -0.25) is 4.79 Å². The Balaban J connectivity index is 1.44. The molecule has 0 radical (unpaired) electrons. The molecule has 0 aliphatic rings. The minimum absolute atomic E-state index is 0.194. The summed E-state index contributed by atoms with van der Waals surface area (Å²) in [6.07, 6.45) is 1.46. The molecule has 0 atom stereocenters. The number of methoxy groups -OCH3 is 1. The van der Waals surface area contributed by atoms with Gasteiger partial charge in [-0.2, -0.15) is 0 Å². The molecule has 6 heteroatoms. The van der Waals surface area contributed by atoms with Crippen LogP contribution in [0.2, 0.25) is 0 Å². The van der Waals surface area contributed by atoms with Gasteiger partial charge in [0.05, 0.1) is 12.8 Å². The first-order valence-corrected chi connectivity index (χ1v) is 9.78. The SMILES string of the molecule is COc1cccc(CNC(=O)c2cccc(Oc3cc(-c4ccccc4)ncn3)c2)c1. The van der Waals surface area contributed by atoms with Gasteiger partial charge in [0.1, 0.15) is 17.8 Å². The smallest absolute Gasteiger partial charge is 0.251 e. The second-order valence-electron chi connectivity index (χ2n) is 6.77. The maximum atomic E-state index is 12.6. The average Bonchev–Trinajstić information content (AvgIpc) is 2.83. The van der Waals surface area contributed by atoms with E-state index in [1.54, 1.807) is 37.4 Å². The van der Waals surface area contributed by atoms with E-state index >= 15 is 0 Å². The van der Waals surface area contributed by atoms with Gasteiger partial charge in [-0.1, -0.05) is 48.5 Å². The topological polar surface area (TPSA) is 73.3 Å². The monoisotopic (exact) mass is 411 g/mol. The van der Waals surface area contributed by atoms with E-state index in [1.165, 1.54) is 6.33 Å². The Kier molecular flexibility index (Phi) is 6.18. The van der Waals surface area contributed by atoms with Crippen LogP contribution in [0.1, 0.15) is 15.9 Å². The summed E-state index contributed by atoms with van der Waals surface area (Å²) < 4.78 is 11.1. The largest absolute Gasteiger partial charge is 0.497 e. The molecular formula is C25H21N3O3. The van der Waals surface area contributed by atoms with E-state index in [4.69, 9.17) is 9.47 Å². The van der Waals surface area contributed by atoms with Crippen molar-refractivity contribution in [1.82, 2.24) is 15.3 Å². The molecule has 1 amide bonds. The Morgan fingerprint density at radius 1 is 0.871 bits per heavy atom. The van der Waals surface area contributed by atoms with Crippen LogP contribution < -0.4 is 14.8 Å². The molecule has 1 N–H and O–H groups in total.